The molecule has 2 saturated carbocycles. The maximum atomic E-state index is 12.6. The Balaban J connectivity index is 1.09. The molecule has 0 radical (unpaired) electrons. The van der Waals surface area contributed by atoms with Crippen LogP contribution in [0.1, 0.15) is 50.7 Å². The summed E-state index contributed by atoms with van der Waals surface area (Å²) < 4.78 is 11.4. The smallest absolute Gasteiger partial charge is 0.314 e. The lowest BCUT2D eigenvalue weighted by atomic mass is 9.78. The molecule has 0 aromatic heterocycles. The van der Waals surface area contributed by atoms with Crippen LogP contribution in [0.3, 0.4) is 0 Å². The third kappa shape index (κ3) is 4.13. The van der Waals surface area contributed by atoms with Gasteiger partial charge in [0.1, 0.15) is 11.5 Å². The summed E-state index contributed by atoms with van der Waals surface area (Å²) in [5, 5.41) is 0. The summed E-state index contributed by atoms with van der Waals surface area (Å²) in [6, 6.07) is 15.7. The van der Waals surface area contributed by atoms with Gasteiger partial charge in [0.05, 0.1) is 11.8 Å². The van der Waals surface area contributed by atoms with Crippen LogP contribution < -0.4 is 9.47 Å². The van der Waals surface area contributed by atoms with Crippen molar-refractivity contribution in [2.45, 2.75) is 44.9 Å². The van der Waals surface area contributed by atoms with Gasteiger partial charge in [-0.05, 0) is 84.7 Å². The van der Waals surface area contributed by atoms with Gasteiger partial charge < -0.3 is 9.47 Å². The van der Waals surface area contributed by atoms with Gasteiger partial charge in [-0.15, -0.1) is 0 Å². The van der Waals surface area contributed by atoms with Crippen LogP contribution in [0.4, 0.5) is 0 Å². The predicted octanol–water partition coefficient (Wildman–Crippen LogP) is 6.25. The van der Waals surface area contributed by atoms with Gasteiger partial charge in [-0.25, -0.2) is 0 Å². The number of esters is 2. The number of hydrogen-bond donors (Lipinski definition) is 0. The first kappa shape index (κ1) is 22.3. The summed E-state index contributed by atoms with van der Waals surface area (Å²) in [5.41, 5.74) is 1.99. The Morgan fingerprint density at radius 1 is 0.629 bits per heavy atom. The Bertz CT molecular complexity index is 1090. The van der Waals surface area contributed by atoms with E-state index >= 15 is 0 Å². The fraction of sp³-hybridized carbons (Fsp3) is 0.419. The van der Waals surface area contributed by atoms with Crippen molar-refractivity contribution in [3.05, 3.63) is 84.0 Å². The van der Waals surface area contributed by atoms with Crippen LogP contribution in [-0.4, -0.2) is 11.9 Å². The fourth-order valence-electron chi connectivity index (χ4n) is 6.53. The zero-order chi connectivity index (χ0) is 24.2. The maximum Gasteiger partial charge on any atom is 0.314 e. The molecule has 0 saturated heterocycles. The second-order valence-electron chi connectivity index (χ2n) is 11.3. The van der Waals surface area contributed by atoms with E-state index in [4.69, 9.17) is 9.47 Å². The van der Waals surface area contributed by atoms with Crippen molar-refractivity contribution in [1.82, 2.24) is 0 Å². The number of fused-ring (bicyclic) bond motifs is 4. The highest BCUT2D eigenvalue weighted by atomic mass is 16.5. The van der Waals surface area contributed by atoms with Gasteiger partial charge in [0.15, 0.2) is 0 Å². The number of carbonyl (C=O) groups excluding carboxylic acids is 2. The van der Waals surface area contributed by atoms with E-state index in [1.165, 1.54) is 0 Å². The van der Waals surface area contributed by atoms with Gasteiger partial charge in [-0.2, -0.15) is 0 Å². The Labute approximate surface area is 207 Å². The number of allylic oxidation sites excluding steroid dienone is 4. The highest BCUT2D eigenvalue weighted by Gasteiger charge is 2.42. The second-order valence-corrected chi connectivity index (χ2v) is 11.3. The topological polar surface area (TPSA) is 52.6 Å². The van der Waals surface area contributed by atoms with Crippen LogP contribution in [0.2, 0.25) is 0 Å². The Hall–Kier alpha value is -3.14. The number of rotatable bonds is 6. The molecule has 2 aromatic rings. The molecule has 6 unspecified atom stereocenters. The molecule has 0 N–H and O–H groups in total. The summed E-state index contributed by atoms with van der Waals surface area (Å²) in [6.45, 7) is 4.33. The molecule has 4 heteroatoms. The Morgan fingerprint density at radius 2 is 1.03 bits per heavy atom. The van der Waals surface area contributed by atoms with Crippen molar-refractivity contribution in [3.63, 3.8) is 0 Å². The highest BCUT2D eigenvalue weighted by molar-refractivity contribution is 5.77. The number of benzene rings is 2. The van der Waals surface area contributed by atoms with Gasteiger partial charge in [0, 0.05) is 5.41 Å². The van der Waals surface area contributed by atoms with Gasteiger partial charge in [0.25, 0.3) is 0 Å². The first-order valence-corrected chi connectivity index (χ1v) is 12.9. The third-order valence-electron chi connectivity index (χ3n) is 8.75. The van der Waals surface area contributed by atoms with Gasteiger partial charge in [0.2, 0.25) is 0 Å². The average molecular weight is 469 g/mol. The largest absolute Gasteiger partial charge is 0.426 e. The number of carbonyl (C=O) groups is 2. The highest BCUT2D eigenvalue weighted by Crippen LogP contribution is 2.45. The molecule has 0 spiro atoms. The molecule has 35 heavy (non-hydrogen) atoms. The molecule has 180 valence electrons. The second kappa shape index (κ2) is 8.51. The SMILES string of the molecule is CC(C)(c1ccc(OC(=O)C2CC3C=CC2C3)cc1)c1ccc(OC(=O)C2CC3C=CC2C3)cc1. The number of hydrogen-bond acceptors (Lipinski definition) is 4. The van der Waals surface area contributed by atoms with Crippen molar-refractivity contribution in [2.75, 3.05) is 0 Å². The fourth-order valence-corrected chi connectivity index (χ4v) is 6.53. The normalized spacial score (nSPS) is 30.1. The van der Waals surface area contributed by atoms with Crippen LogP contribution >= 0.6 is 0 Å². The molecule has 4 bridgehead atoms. The average Bonchev–Trinajstić information content (AvgIpc) is 3.67. The number of ether oxygens (including phenoxy) is 2. The minimum absolute atomic E-state index is 0.00554. The van der Waals surface area contributed by atoms with Crippen molar-refractivity contribution >= 4 is 11.9 Å². The molecule has 0 amide bonds. The first-order chi connectivity index (χ1) is 16.9. The summed E-state index contributed by atoms with van der Waals surface area (Å²) in [4.78, 5) is 25.3. The van der Waals surface area contributed by atoms with E-state index in [-0.39, 0.29) is 29.2 Å². The van der Waals surface area contributed by atoms with E-state index in [1.54, 1.807) is 0 Å². The molecule has 4 nitrogen and oxygen atoms in total. The van der Waals surface area contributed by atoms with Crippen molar-refractivity contribution in [2.24, 2.45) is 35.5 Å². The quantitative estimate of drug-likeness (QED) is 0.286. The zero-order valence-electron chi connectivity index (χ0n) is 20.4. The Kier molecular flexibility index (Phi) is 5.43. The summed E-state index contributed by atoms with van der Waals surface area (Å²) in [7, 11) is 0. The van der Waals surface area contributed by atoms with E-state index in [1.807, 2.05) is 48.5 Å². The molecular weight excluding hydrogens is 436 g/mol. The molecule has 0 heterocycles. The monoisotopic (exact) mass is 468 g/mol. The summed E-state index contributed by atoms with van der Waals surface area (Å²) in [5.74, 6) is 2.74. The van der Waals surface area contributed by atoms with E-state index in [9.17, 15) is 9.59 Å². The van der Waals surface area contributed by atoms with Gasteiger partial charge >= 0.3 is 11.9 Å². The van der Waals surface area contributed by atoms with E-state index in [2.05, 4.69) is 38.2 Å². The van der Waals surface area contributed by atoms with Crippen LogP contribution in [0.5, 0.6) is 11.5 Å². The molecular formula is C31H32O4. The van der Waals surface area contributed by atoms with E-state index < -0.39 is 0 Å². The van der Waals surface area contributed by atoms with Crippen LogP contribution in [-0.2, 0) is 15.0 Å². The van der Waals surface area contributed by atoms with Crippen molar-refractivity contribution in [3.8, 4) is 11.5 Å². The van der Waals surface area contributed by atoms with Crippen molar-refractivity contribution in [1.29, 1.82) is 0 Å². The lowest BCUT2D eigenvalue weighted by molar-refractivity contribution is -0.140. The lowest BCUT2D eigenvalue weighted by Gasteiger charge is -2.26. The Morgan fingerprint density at radius 3 is 1.34 bits per heavy atom. The van der Waals surface area contributed by atoms with Crippen LogP contribution in [0, 0.1) is 35.5 Å². The van der Waals surface area contributed by atoms with E-state index in [0.29, 0.717) is 35.2 Å². The molecule has 2 fully saturated rings. The molecule has 4 aliphatic rings. The van der Waals surface area contributed by atoms with E-state index in [0.717, 1.165) is 36.8 Å². The van der Waals surface area contributed by atoms with Gasteiger partial charge in [-0.1, -0.05) is 62.4 Å². The lowest BCUT2D eigenvalue weighted by Crippen LogP contribution is -2.24. The minimum atomic E-state index is -0.254. The molecule has 0 aliphatic heterocycles. The summed E-state index contributed by atoms with van der Waals surface area (Å²) in [6.07, 6.45) is 12.8. The summed E-state index contributed by atoms with van der Waals surface area (Å²) >= 11 is 0. The van der Waals surface area contributed by atoms with Crippen LogP contribution in [0.15, 0.2) is 72.8 Å². The standard InChI is InChI=1S/C31H32O4/c1-31(2,23-7-11-25(12-8-23)34-29(32)27-17-19-3-5-21(27)15-19)24-9-13-26(14-10-24)35-30(33)28-18-20-4-6-22(28)16-20/h3-14,19-22,27-28H,15-18H2,1-2H3. The molecule has 2 aromatic carbocycles. The molecule has 4 aliphatic carbocycles. The first-order valence-electron chi connectivity index (χ1n) is 12.9. The minimum Gasteiger partial charge on any atom is -0.426 e. The van der Waals surface area contributed by atoms with Crippen molar-refractivity contribution < 1.29 is 19.1 Å². The predicted molar refractivity (Wildman–Crippen MR) is 134 cm³/mol. The van der Waals surface area contributed by atoms with Crippen LogP contribution in [0.25, 0.3) is 0 Å². The third-order valence-corrected chi connectivity index (χ3v) is 8.75. The molecule has 6 rings (SSSR count). The van der Waals surface area contributed by atoms with Gasteiger partial charge in [-0.3, -0.25) is 9.59 Å². The maximum absolute atomic E-state index is 12.6. The zero-order valence-corrected chi connectivity index (χ0v) is 20.4. The molecule has 6 atom stereocenters.